The van der Waals surface area contributed by atoms with Crippen molar-refractivity contribution in [3.05, 3.63) is 52.8 Å². The van der Waals surface area contributed by atoms with Crippen molar-refractivity contribution in [1.29, 1.82) is 0 Å². The minimum Gasteiger partial charge on any atom is -0.376 e. The third-order valence-corrected chi connectivity index (χ3v) is 7.31. The Morgan fingerprint density at radius 1 is 1.21 bits per heavy atom. The normalized spacial score (nSPS) is 14.1. The second-order valence-corrected chi connectivity index (χ2v) is 9.35. The largest absolute Gasteiger partial charge is 0.376 e. The highest BCUT2D eigenvalue weighted by atomic mass is 32.2. The highest BCUT2D eigenvalue weighted by molar-refractivity contribution is 7.93. The lowest BCUT2D eigenvalue weighted by atomic mass is 10.1. The predicted molar refractivity (Wildman–Crippen MR) is 108 cm³/mol. The summed E-state index contributed by atoms with van der Waals surface area (Å²) in [7, 11) is -3.90. The van der Waals surface area contributed by atoms with Gasteiger partial charge in [-0.15, -0.1) is 11.3 Å². The monoisotopic (exact) mass is 428 g/mol. The molecule has 0 radical (unpaired) electrons. The smallest absolute Gasteiger partial charge is 0.264 e. The first-order chi connectivity index (χ1) is 14.0. The molecule has 148 valence electrons. The first-order valence-corrected chi connectivity index (χ1v) is 11.2. The number of aromatic nitrogens is 3. The van der Waals surface area contributed by atoms with Crippen molar-refractivity contribution in [2.45, 2.75) is 24.8 Å². The molecule has 10 heteroatoms. The number of hydrogen-bond donors (Lipinski definition) is 1. The maximum absolute atomic E-state index is 13.3. The van der Waals surface area contributed by atoms with E-state index in [4.69, 9.17) is 9.26 Å². The molecule has 1 N–H and O–H groups in total. The van der Waals surface area contributed by atoms with Crippen LogP contribution in [0.4, 0.5) is 5.00 Å². The van der Waals surface area contributed by atoms with Crippen LogP contribution in [0.25, 0.3) is 22.4 Å². The van der Waals surface area contributed by atoms with Crippen molar-refractivity contribution in [3.8, 4) is 11.5 Å². The molecule has 0 aliphatic carbocycles. The van der Waals surface area contributed by atoms with Crippen LogP contribution in [0, 0.1) is 6.92 Å². The molecule has 5 rings (SSSR count). The molecule has 0 unspecified atom stereocenters. The van der Waals surface area contributed by atoms with Crippen molar-refractivity contribution >= 4 is 37.3 Å². The Kier molecular flexibility index (Phi) is 4.34. The fourth-order valence-corrected chi connectivity index (χ4v) is 6.06. The Hall–Kier alpha value is -2.82. The van der Waals surface area contributed by atoms with E-state index in [1.807, 2.05) is 12.1 Å². The predicted octanol–water partition coefficient (Wildman–Crippen LogP) is 3.53. The molecule has 1 aromatic carbocycles. The summed E-state index contributed by atoms with van der Waals surface area (Å²) in [5.41, 5.74) is 2.03. The first-order valence-electron chi connectivity index (χ1n) is 8.92. The SMILES string of the molecule is Cc1noc(-c2c(NS(=O)(=O)c3cccc4cccnc34)sc3c2CCOC3)n1. The highest BCUT2D eigenvalue weighted by Crippen LogP contribution is 2.43. The van der Waals surface area contributed by atoms with E-state index in [-0.39, 0.29) is 4.90 Å². The molecule has 3 aromatic heterocycles. The molecule has 0 saturated carbocycles. The Balaban J connectivity index is 1.64. The summed E-state index contributed by atoms with van der Waals surface area (Å²) < 4.78 is 40.2. The number of pyridine rings is 1. The molecule has 4 heterocycles. The van der Waals surface area contributed by atoms with Gasteiger partial charge < -0.3 is 9.26 Å². The average Bonchev–Trinajstić information content (AvgIpc) is 3.29. The van der Waals surface area contributed by atoms with Gasteiger partial charge in [-0.2, -0.15) is 4.98 Å². The summed E-state index contributed by atoms with van der Waals surface area (Å²) in [6.07, 6.45) is 2.23. The quantitative estimate of drug-likeness (QED) is 0.530. The lowest BCUT2D eigenvalue weighted by Gasteiger charge is -2.12. The van der Waals surface area contributed by atoms with Gasteiger partial charge in [-0.3, -0.25) is 9.71 Å². The standard InChI is InChI=1S/C19H16N4O4S2/c1-11-21-18(27-22-11)16-13-7-9-26-10-14(13)28-19(16)23-29(24,25)15-6-2-4-12-5-3-8-20-17(12)15/h2-6,8,23H,7,9-10H2,1H3. The van der Waals surface area contributed by atoms with Crippen LogP contribution in [-0.4, -0.2) is 30.1 Å². The van der Waals surface area contributed by atoms with Gasteiger partial charge in [0.15, 0.2) is 5.82 Å². The summed E-state index contributed by atoms with van der Waals surface area (Å²) in [6.45, 7) is 2.71. The van der Waals surface area contributed by atoms with Crippen LogP contribution in [0.15, 0.2) is 45.9 Å². The third-order valence-electron chi connectivity index (χ3n) is 4.67. The molecule has 1 aliphatic heterocycles. The second-order valence-electron chi connectivity index (χ2n) is 6.59. The Morgan fingerprint density at radius 3 is 2.90 bits per heavy atom. The maximum atomic E-state index is 13.3. The first kappa shape index (κ1) is 18.2. The van der Waals surface area contributed by atoms with Crippen molar-refractivity contribution in [2.24, 2.45) is 0 Å². The Labute approximate surface area is 170 Å². The van der Waals surface area contributed by atoms with Crippen LogP contribution in [0.5, 0.6) is 0 Å². The van der Waals surface area contributed by atoms with Crippen LogP contribution < -0.4 is 4.72 Å². The minimum atomic E-state index is -3.90. The van der Waals surface area contributed by atoms with E-state index in [9.17, 15) is 8.42 Å². The van der Waals surface area contributed by atoms with Crippen LogP contribution in [0.2, 0.25) is 0 Å². The molecule has 8 nitrogen and oxygen atoms in total. The van der Waals surface area contributed by atoms with Gasteiger partial charge in [0.2, 0.25) is 0 Å². The summed E-state index contributed by atoms with van der Waals surface area (Å²) in [5, 5.41) is 5.05. The van der Waals surface area contributed by atoms with Crippen molar-refractivity contribution < 1.29 is 17.7 Å². The van der Waals surface area contributed by atoms with Gasteiger partial charge in [0.25, 0.3) is 15.9 Å². The molecule has 0 atom stereocenters. The Bertz CT molecular complexity index is 1320. The van der Waals surface area contributed by atoms with Crippen LogP contribution in [-0.2, 0) is 27.8 Å². The number of rotatable bonds is 4. The molecule has 4 aromatic rings. The number of thiophene rings is 1. The second kappa shape index (κ2) is 6.90. The molecule has 0 fully saturated rings. The number of anilines is 1. The van der Waals surface area contributed by atoms with Crippen LogP contribution >= 0.6 is 11.3 Å². The van der Waals surface area contributed by atoms with E-state index in [0.29, 0.717) is 47.4 Å². The van der Waals surface area contributed by atoms with E-state index in [1.54, 1.807) is 31.3 Å². The molecule has 0 bridgehead atoms. The molecule has 29 heavy (non-hydrogen) atoms. The van der Waals surface area contributed by atoms with Gasteiger partial charge in [0.05, 0.1) is 24.3 Å². The number of sulfonamides is 1. The number of fused-ring (bicyclic) bond motifs is 2. The average molecular weight is 428 g/mol. The maximum Gasteiger partial charge on any atom is 0.264 e. The van der Waals surface area contributed by atoms with Gasteiger partial charge in [0.1, 0.15) is 9.90 Å². The number of hydrogen-bond acceptors (Lipinski definition) is 8. The number of para-hydroxylation sites is 1. The van der Waals surface area contributed by atoms with E-state index >= 15 is 0 Å². The molecule has 1 aliphatic rings. The van der Waals surface area contributed by atoms with E-state index in [1.165, 1.54) is 11.3 Å². The summed E-state index contributed by atoms with van der Waals surface area (Å²) in [4.78, 5) is 9.65. The number of nitrogens with zero attached hydrogens (tertiary/aromatic N) is 3. The van der Waals surface area contributed by atoms with Gasteiger partial charge >= 0.3 is 0 Å². The van der Waals surface area contributed by atoms with Crippen molar-refractivity contribution in [3.63, 3.8) is 0 Å². The number of aryl methyl sites for hydroxylation is 1. The van der Waals surface area contributed by atoms with Crippen LogP contribution in [0.3, 0.4) is 0 Å². The zero-order valence-electron chi connectivity index (χ0n) is 15.4. The van der Waals surface area contributed by atoms with Gasteiger partial charge in [-0.1, -0.05) is 23.4 Å². The van der Waals surface area contributed by atoms with Crippen LogP contribution in [0.1, 0.15) is 16.3 Å². The zero-order chi connectivity index (χ0) is 20.0. The molecule has 0 amide bonds. The van der Waals surface area contributed by atoms with E-state index < -0.39 is 10.0 Å². The topological polar surface area (TPSA) is 107 Å². The lowest BCUT2D eigenvalue weighted by molar-refractivity contribution is 0.113. The number of benzene rings is 1. The fraction of sp³-hybridized carbons (Fsp3) is 0.211. The number of ether oxygens (including phenoxy) is 1. The van der Waals surface area contributed by atoms with Gasteiger partial charge in [-0.25, -0.2) is 8.42 Å². The summed E-state index contributed by atoms with van der Waals surface area (Å²) in [5.74, 6) is 0.787. The van der Waals surface area contributed by atoms with Gasteiger partial charge in [0, 0.05) is 16.5 Å². The fourth-order valence-electron chi connectivity index (χ4n) is 3.40. The molecule has 0 spiro atoms. The highest BCUT2D eigenvalue weighted by Gasteiger charge is 2.29. The molecular formula is C19H16N4O4S2. The summed E-state index contributed by atoms with van der Waals surface area (Å²) >= 11 is 1.33. The third kappa shape index (κ3) is 3.18. The Morgan fingerprint density at radius 2 is 2.07 bits per heavy atom. The van der Waals surface area contributed by atoms with E-state index in [0.717, 1.165) is 15.8 Å². The zero-order valence-corrected chi connectivity index (χ0v) is 17.0. The van der Waals surface area contributed by atoms with Gasteiger partial charge in [-0.05, 0) is 31.0 Å². The van der Waals surface area contributed by atoms with Crippen molar-refractivity contribution in [1.82, 2.24) is 15.1 Å². The molecular weight excluding hydrogens is 412 g/mol. The minimum absolute atomic E-state index is 0.117. The van der Waals surface area contributed by atoms with E-state index in [2.05, 4.69) is 19.8 Å². The van der Waals surface area contributed by atoms with Crippen molar-refractivity contribution in [2.75, 3.05) is 11.3 Å². The number of nitrogens with one attached hydrogen (secondary N) is 1. The molecule has 0 saturated heterocycles. The lowest BCUT2D eigenvalue weighted by Crippen LogP contribution is -2.13. The summed E-state index contributed by atoms with van der Waals surface area (Å²) in [6, 6.07) is 8.68.